The van der Waals surface area contributed by atoms with Crippen LogP contribution in [0.1, 0.15) is 18.1 Å². The van der Waals surface area contributed by atoms with E-state index in [0.29, 0.717) is 11.3 Å². The van der Waals surface area contributed by atoms with Gasteiger partial charge in [-0.2, -0.15) is 0 Å². The molecule has 2 aromatic rings. The fourth-order valence-corrected chi connectivity index (χ4v) is 3.66. The van der Waals surface area contributed by atoms with Crippen LogP contribution in [0.25, 0.3) is 0 Å². The molecule has 0 aliphatic heterocycles. The Bertz CT molecular complexity index is 786. The number of amides is 2. The van der Waals surface area contributed by atoms with Crippen molar-refractivity contribution in [2.45, 2.75) is 25.3 Å². The van der Waals surface area contributed by atoms with Crippen molar-refractivity contribution >= 4 is 39.5 Å². The van der Waals surface area contributed by atoms with Crippen LogP contribution in [-0.4, -0.2) is 35.6 Å². The Morgan fingerprint density at radius 3 is 2.48 bits per heavy atom. The minimum atomic E-state index is -0.685. The van der Waals surface area contributed by atoms with Crippen molar-refractivity contribution < 1.29 is 14.0 Å². The average molecular weight is 453 g/mol. The van der Waals surface area contributed by atoms with Crippen LogP contribution >= 0.6 is 27.7 Å². The summed E-state index contributed by atoms with van der Waals surface area (Å²) in [6.07, 6.45) is 0. The molecule has 0 radical (unpaired) electrons. The number of carbonyl (C=O) groups excluding carboxylic acids is 2. The van der Waals surface area contributed by atoms with Gasteiger partial charge in [0.15, 0.2) is 0 Å². The largest absolute Gasteiger partial charge is 0.357 e. The summed E-state index contributed by atoms with van der Waals surface area (Å²) in [6.45, 7) is 1.70. The fourth-order valence-electron chi connectivity index (χ4n) is 2.52. The molecular weight excluding hydrogens is 431 g/mol. The predicted molar refractivity (Wildman–Crippen MR) is 111 cm³/mol. The Morgan fingerprint density at radius 2 is 1.85 bits per heavy atom. The predicted octanol–water partition coefficient (Wildman–Crippen LogP) is 3.98. The van der Waals surface area contributed by atoms with Crippen LogP contribution in [0.5, 0.6) is 0 Å². The first kappa shape index (κ1) is 21.4. The Kier molecular flexibility index (Phi) is 8.31. The van der Waals surface area contributed by atoms with Crippen molar-refractivity contribution in [1.82, 2.24) is 10.2 Å². The fraction of sp³-hybridized carbons (Fsp3) is 0.300. The third-order valence-electron chi connectivity index (χ3n) is 4.12. The molecule has 27 heavy (non-hydrogen) atoms. The number of hydrogen-bond donors (Lipinski definition) is 1. The van der Waals surface area contributed by atoms with Gasteiger partial charge in [-0.25, -0.2) is 4.39 Å². The van der Waals surface area contributed by atoms with E-state index in [9.17, 15) is 14.0 Å². The molecule has 0 spiro atoms. The van der Waals surface area contributed by atoms with Gasteiger partial charge >= 0.3 is 0 Å². The van der Waals surface area contributed by atoms with Crippen molar-refractivity contribution in [1.29, 1.82) is 0 Å². The maximum absolute atomic E-state index is 14.0. The molecule has 2 aromatic carbocycles. The van der Waals surface area contributed by atoms with Crippen LogP contribution in [0.2, 0.25) is 0 Å². The highest BCUT2D eigenvalue weighted by molar-refractivity contribution is 9.10. The average Bonchev–Trinajstić information content (AvgIpc) is 2.67. The normalized spacial score (nSPS) is 11.7. The third kappa shape index (κ3) is 6.36. The number of halogens is 2. The molecule has 1 unspecified atom stereocenters. The van der Waals surface area contributed by atoms with Gasteiger partial charge in [0.1, 0.15) is 11.9 Å². The minimum absolute atomic E-state index is 0.0545. The Labute approximate surface area is 171 Å². The molecule has 1 N–H and O–H groups in total. The van der Waals surface area contributed by atoms with E-state index >= 15 is 0 Å². The molecule has 144 valence electrons. The second kappa shape index (κ2) is 10.5. The second-order valence-corrected chi connectivity index (χ2v) is 7.92. The molecule has 0 bridgehead atoms. The van der Waals surface area contributed by atoms with E-state index in [-0.39, 0.29) is 29.9 Å². The summed E-state index contributed by atoms with van der Waals surface area (Å²) >= 11 is 4.86. The number of rotatable bonds is 8. The van der Waals surface area contributed by atoms with Crippen LogP contribution in [0.15, 0.2) is 53.0 Å². The van der Waals surface area contributed by atoms with E-state index < -0.39 is 6.04 Å². The first-order valence-electron chi connectivity index (χ1n) is 8.49. The van der Waals surface area contributed by atoms with Gasteiger partial charge in [-0.1, -0.05) is 46.3 Å². The maximum atomic E-state index is 14.0. The van der Waals surface area contributed by atoms with E-state index in [2.05, 4.69) is 21.2 Å². The number of nitrogens with zero attached hydrogens (tertiary/aromatic N) is 1. The lowest BCUT2D eigenvalue weighted by Crippen LogP contribution is -2.47. The van der Waals surface area contributed by atoms with E-state index in [1.54, 1.807) is 25.1 Å². The van der Waals surface area contributed by atoms with Gasteiger partial charge < -0.3 is 10.2 Å². The number of carbonyl (C=O) groups is 2. The summed E-state index contributed by atoms with van der Waals surface area (Å²) in [7, 11) is 1.52. The Balaban J connectivity index is 2.04. The molecule has 0 heterocycles. The van der Waals surface area contributed by atoms with Gasteiger partial charge in [-0.3, -0.25) is 9.59 Å². The van der Waals surface area contributed by atoms with Crippen molar-refractivity contribution in [3.8, 4) is 0 Å². The van der Waals surface area contributed by atoms with Crippen LogP contribution in [-0.2, 0) is 21.9 Å². The summed E-state index contributed by atoms with van der Waals surface area (Å²) < 4.78 is 15.0. The van der Waals surface area contributed by atoms with Gasteiger partial charge in [0, 0.05) is 29.4 Å². The smallest absolute Gasteiger partial charge is 0.242 e. The zero-order chi connectivity index (χ0) is 19.8. The molecule has 4 nitrogen and oxygen atoms in total. The summed E-state index contributed by atoms with van der Waals surface area (Å²) in [5, 5.41) is 2.55. The first-order valence-corrected chi connectivity index (χ1v) is 10.4. The van der Waals surface area contributed by atoms with E-state index in [0.717, 1.165) is 10.0 Å². The summed E-state index contributed by atoms with van der Waals surface area (Å²) in [5.74, 6) is 0.0308. The minimum Gasteiger partial charge on any atom is -0.357 e. The zero-order valence-electron chi connectivity index (χ0n) is 15.2. The summed E-state index contributed by atoms with van der Waals surface area (Å²) in [5.41, 5.74) is 1.50. The molecular formula is C20H22BrFN2O2S. The van der Waals surface area contributed by atoms with Crippen molar-refractivity contribution in [3.63, 3.8) is 0 Å². The highest BCUT2D eigenvalue weighted by Crippen LogP contribution is 2.18. The lowest BCUT2D eigenvalue weighted by atomic mass is 10.1. The van der Waals surface area contributed by atoms with Crippen molar-refractivity contribution in [2.24, 2.45) is 0 Å². The molecule has 0 saturated heterocycles. The molecule has 0 aromatic heterocycles. The highest BCUT2D eigenvalue weighted by Gasteiger charge is 2.26. The summed E-state index contributed by atoms with van der Waals surface area (Å²) in [4.78, 5) is 26.2. The van der Waals surface area contributed by atoms with E-state index in [1.807, 2.05) is 24.3 Å². The van der Waals surface area contributed by atoms with Gasteiger partial charge in [-0.05, 0) is 30.7 Å². The van der Waals surface area contributed by atoms with E-state index in [1.165, 1.54) is 29.8 Å². The number of hydrogen-bond acceptors (Lipinski definition) is 3. The third-order valence-corrected chi connectivity index (χ3v) is 5.64. The van der Waals surface area contributed by atoms with Crippen LogP contribution in [0.3, 0.4) is 0 Å². The topological polar surface area (TPSA) is 49.4 Å². The van der Waals surface area contributed by atoms with Crippen molar-refractivity contribution in [2.75, 3.05) is 12.8 Å². The van der Waals surface area contributed by atoms with Gasteiger partial charge in [-0.15, -0.1) is 11.8 Å². The Hall–Kier alpha value is -1.86. The number of benzene rings is 2. The lowest BCUT2D eigenvalue weighted by molar-refractivity contribution is -0.138. The number of nitrogens with one attached hydrogen (secondary N) is 1. The Morgan fingerprint density at radius 1 is 1.19 bits per heavy atom. The second-order valence-electron chi connectivity index (χ2n) is 6.02. The molecule has 0 fully saturated rings. The quantitative estimate of drug-likeness (QED) is 0.658. The molecule has 0 saturated carbocycles. The molecule has 2 rings (SSSR count). The highest BCUT2D eigenvalue weighted by atomic mass is 79.9. The molecule has 7 heteroatoms. The molecule has 0 aliphatic carbocycles. The maximum Gasteiger partial charge on any atom is 0.242 e. The van der Waals surface area contributed by atoms with E-state index in [4.69, 9.17) is 0 Å². The van der Waals surface area contributed by atoms with Gasteiger partial charge in [0.2, 0.25) is 11.8 Å². The molecule has 2 amide bonds. The van der Waals surface area contributed by atoms with Crippen LogP contribution in [0.4, 0.5) is 4.39 Å². The zero-order valence-corrected chi connectivity index (χ0v) is 17.6. The van der Waals surface area contributed by atoms with Gasteiger partial charge in [0.05, 0.1) is 5.75 Å². The van der Waals surface area contributed by atoms with Gasteiger partial charge in [0.25, 0.3) is 0 Å². The lowest BCUT2D eigenvalue weighted by Gasteiger charge is -2.28. The summed E-state index contributed by atoms with van der Waals surface area (Å²) in [6, 6.07) is 13.5. The number of likely N-dealkylation sites (N-methyl/N-ethyl adjacent to an activating group) is 1. The standard InChI is InChI=1S/C20H22BrFN2O2S/c1-14(20(26)23-2)24(11-16-5-3-4-6-18(16)22)19(25)13-27-12-15-7-9-17(21)10-8-15/h3-10,14H,11-13H2,1-2H3,(H,23,26). The van der Waals surface area contributed by atoms with Crippen molar-refractivity contribution in [3.05, 3.63) is 69.9 Å². The van der Waals surface area contributed by atoms with Crippen LogP contribution in [0, 0.1) is 5.82 Å². The molecule has 1 atom stereocenters. The first-order chi connectivity index (χ1) is 12.9. The monoisotopic (exact) mass is 452 g/mol. The van der Waals surface area contributed by atoms with Crippen LogP contribution < -0.4 is 5.32 Å². The SMILES string of the molecule is CNC(=O)C(C)N(Cc1ccccc1F)C(=O)CSCc1ccc(Br)cc1. The molecule has 0 aliphatic rings. The number of thioether (sulfide) groups is 1.